The van der Waals surface area contributed by atoms with Crippen LogP contribution < -0.4 is 0 Å². The molecule has 0 amide bonds. The summed E-state index contributed by atoms with van der Waals surface area (Å²) in [7, 11) is 0. The second-order valence-electron chi connectivity index (χ2n) is 12.1. The number of unbranched alkanes of at least 4 members (excludes halogenated alkanes) is 14. The van der Waals surface area contributed by atoms with Crippen LogP contribution in [0.25, 0.3) is 0 Å². The first-order valence-electron chi connectivity index (χ1n) is 17.3. The Balaban J connectivity index is 2.88. The van der Waals surface area contributed by atoms with Gasteiger partial charge in [0.05, 0.1) is 11.5 Å². The number of carbonyl (C=O) groups excluding carboxylic acids is 4. The van der Waals surface area contributed by atoms with E-state index in [1.54, 1.807) is 0 Å². The number of phenols is 1. The van der Waals surface area contributed by atoms with Crippen LogP contribution in [0.1, 0.15) is 170 Å². The molecule has 0 heterocycles. The molecule has 256 valence electrons. The molecule has 9 heteroatoms. The van der Waals surface area contributed by atoms with E-state index in [9.17, 15) is 34.5 Å². The lowest BCUT2D eigenvalue weighted by Crippen LogP contribution is -2.49. The maximum absolute atomic E-state index is 13.1. The Morgan fingerprint density at radius 1 is 0.711 bits per heavy atom. The van der Waals surface area contributed by atoms with Crippen molar-refractivity contribution in [1.29, 1.82) is 0 Å². The number of para-hydroxylation sites is 1. The Kier molecular flexibility index (Phi) is 21.1. The minimum absolute atomic E-state index is 0.0857. The molecule has 0 bridgehead atoms. The van der Waals surface area contributed by atoms with Crippen LogP contribution in [0.2, 0.25) is 0 Å². The molecule has 45 heavy (non-hydrogen) atoms. The van der Waals surface area contributed by atoms with Crippen molar-refractivity contribution in [2.75, 3.05) is 6.61 Å². The van der Waals surface area contributed by atoms with Crippen LogP contribution in [-0.4, -0.2) is 51.4 Å². The van der Waals surface area contributed by atoms with E-state index in [1.807, 2.05) is 0 Å². The van der Waals surface area contributed by atoms with Gasteiger partial charge in [0.1, 0.15) is 17.9 Å². The number of ether oxygens (including phenoxy) is 2. The molecule has 0 aliphatic carbocycles. The maximum atomic E-state index is 13.1. The number of hydrogen-bond donors (Lipinski definition) is 3. The van der Waals surface area contributed by atoms with Gasteiger partial charge in [-0.25, -0.2) is 9.59 Å². The minimum Gasteiger partial charge on any atom is -0.506 e. The highest BCUT2D eigenvalue weighted by molar-refractivity contribution is 6.04. The topological polar surface area (TPSA) is 147 Å². The Morgan fingerprint density at radius 3 is 1.69 bits per heavy atom. The number of aliphatic hydroxyl groups is 2. The summed E-state index contributed by atoms with van der Waals surface area (Å²) in [6.45, 7) is 5.01. The summed E-state index contributed by atoms with van der Waals surface area (Å²) in [5, 5.41) is 31.2. The fraction of sp³-hybridized carbons (Fsp3) is 0.722. The lowest BCUT2D eigenvalue weighted by molar-refractivity contribution is -0.221. The average Bonchev–Trinajstić information content (AvgIpc) is 3.02. The molecule has 9 nitrogen and oxygen atoms in total. The smallest absolute Gasteiger partial charge is 0.389 e. The number of benzene rings is 1. The first-order chi connectivity index (χ1) is 21.6. The van der Waals surface area contributed by atoms with Crippen molar-refractivity contribution in [1.82, 2.24) is 0 Å². The van der Waals surface area contributed by atoms with Gasteiger partial charge in [0.15, 0.2) is 5.78 Å². The third kappa shape index (κ3) is 15.4. The standard InChI is InChI=1S/C36H58O9/c1-4-7-10-13-16-18-22-28(23-19-17-14-11-8-5-2)33(40)44-35(42)36(43,27-37)45-34(41)30-25-21-24-29(32(30)39)31(38)26-20-15-12-9-6-3/h21,24-25,28,37,39,43H,4-20,22-23,26-27H2,1-3H3. The summed E-state index contributed by atoms with van der Waals surface area (Å²) >= 11 is 0. The van der Waals surface area contributed by atoms with Crippen molar-refractivity contribution in [3.63, 3.8) is 0 Å². The third-order valence-corrected chi connectivity index (χ3v) is 8.20. The molecule has 3 N–H and O–H groups in total. The Labute approximate surface area is 270 Å². The first kappa shape index (κ1) is 40.2. The Morgan fingerprint density at radius 2 is 1.18 bits per heavy atom. The molecule has 0 saturated carbocycles. The maximum Gasteiger partial charge on any atom is 0.389 e. The highest BCUT2D eigenvalue weighted by Gasteiger charge is 2.44. The number of Topliss-reactive ketones (excluding diaryl/α,β-unsaturated/α-hetero) is 1. The molecule has 0 aliphatic rings. The van der Waals surface area contributed by atoms with Gasteiger partial charge < -0.3 is 24.8 Å². The van der Waals surface area contributed by atoms with E-state index < -0.39 is 47.5 Å². The molecule has 0 spiro atoms. The van der Waals surface area contributed by atoms with Crippen molar-refractivity contribution in [3.05, 3.63) is 29.3 Å². The summed E-state index contributed by atoms with van der Waals surface area (Å²) in [5.74, 6) is -8.56. The lowest BCUT2D eigenvalue weighted by atomic mass is 9.94. The molecule has 1 rings (SSSR count). The zero-order valence-corrected chi connectivity index (χ0v) is 27.9. The molecule has 1 atom stereocenters. The normalized spacial score (nSPS) is 12.6. The zero-order chi connectivity index (χ0) is 33.5. The lowest BCUT2D eigenvalue weighted by Gasteiger charge is -2.24. The molecule has 0 aromatic heterocycles. The minimum atomic E-state index is -3.18. The Bertz CT molecular complexity index is 1010. The summed E-state index contributed by atoms with van der Waals surface area (Å²) in [6.07, 6.45) is 18.3. The third-order valence-electron chi connectivity index (χ3n) is 8.20. The second kappa shape index (κ2) is 23.5. The van der Waals surface area contributed by atoms with E-state index in [0.29, 0.717) is 19.3 Å². The van der Waals surface area contributed by atoms with Gasteiger partial charge in [-0.1, -0.05) is 130 Å². The van der Waals surface area contributed by atoms with E-state index in [4.69, 9.17) is 9.47 Å². The van der Waals surface area contributed by atoms with Gasteiger partial charge in [0, 0.05) is 6.42 Å². The van der Waals surface area contributed by atoms with Gasteiger partial charge in [-0.05, 0) is 31.4 Å². The molecule has 1 aromatic rings. The van der Waals surface area contributed by atoms with Gasteiger partial charge in [-0.15, -0.1) is 0 Å². The van der Waals surface area contributed by atoms with Crippen molar-refractivity contribution < 1.29 is 44.0 Å². The number of ketones is 1. The molecule has 0 fully saturated rings. The van der Waals surface area contributed by atoms with Crippen LogP contribution in [0.15, 0.2) is 18.2 Å². The number of carbonyl (C=O) groups is 4. The summed E-state index contributed by atoms with van der Waals surface area (Å²) in [5.41, 5.74) is -0.556. The number of hydrogen-bond acceptors (Lipinski definition) is 9. The summed E-state index contributed by atoms with van der Waals surface area (Å²) in [4.78, 5) is 51.5. The molecule has 1 aromatic carbocycles. The highest BCUT2D eigenvalue weighted by Crippen LogP contribution is 2.27. The van der Waals surface area contributed by atoms with Gasteiger partial charge in [0.25, 0.3) is 0 Å². The van der Waals surface area contributed by atoms with Crippen LogP contribution in [0, 0.1) is 5.92 Å². The SMILES string of the molecule is CCCCCCCCC(CCCCCCCC)C(=O)OC(=O)C(O)(CO)OC(=O)c1cccc(C(=O)CCCCCCC)c1O. The quantitative estimate of drug-likeness (QED) is 0.0303. The molecule has 1 unspecified atom stereocenters. The molecular formula is C36H58O9. The van der Waals surface area contributed by atoms with Gasteiger partial charge in [-0.2, -0.15) is 0 Å². The molecule has 0 radical (unpaired) electrons. The van der Waals surface area contributed by atoms with Crippen LogP contribution >= 0.6 is 0 Å². The summed E-state index contributed by atoms with van der Waals surface area (Å²) < 4.78 is 9.88. The fourth-order valence-corrected chi connectivity index (χ4v) is 5.28. The van der Waals surface area contributed by atoms with Crippen LogP contribution in [0.4, 0.5) is 0 Å². The van der Waals surface area contributed by atoms with E-state index >= 15 is 0 Å². The fourth-order valence-electron chi connectivity index (χ4n) is 5.28. The predicted octanol–water partition coefficient (Wildman–Crippen LogP) is 7.96. The average molecular weight is 635 g/mol. The van der Waals surface area contributed by atoms with Crippen LogP contribution in [0.5, 0.6) is 5.75 Å². The van der Waals surface area contributed by atoms with Crippen molar-refractivity contribution in [2.24, 2.45) is 5.92 Å². The van der Waals surface area contributed by atoms with Gasteiger partial charge in [-0.3, -0.25) is 9.59 Å². The summed E-state index contributed by atoms with van der Waals surface area (Å²) in [6, 6.07) is 3.91. The zero-order valence-electron chi connectivity index (χ0n) is 27.9. The monoisotopic (exact) mass is 634 g/mol. The number of aliphatic hydroxyl groups excluding tert-OH is 1. The van der Waals surface area contributed by atoms with E-state index in [-0.39, 0.29) is 17.8 Å². The van der Waals surface area contributed by atoms with Gasteiger partial charge in [0.2, 0.25) is 0 Å². The number of rotatable bonds is 26. The van der Waals surface area contributed by atoms with Crippen LogP contribution in [0.3, 0.4) is 0 Å². The van der Waals surface area contributed by atoms with Crippen molar-refractivity contribution in [3.8, 4) is 5.75 Å². The number of aromatic hydroxyl groups is 1. The Hall–Kier alpha value is -2.78. The van der Waals surface area contributed by atoms with E-state index in [2.05, 4.69) is 20.8 Å². The molecule has 0 aliphatic heterocycles. The van der Waals surface area contributed by atoms with Crippen molar-refractivity contribution >= 4 is 23.7 Å². The molecule has 0 saturated heterocycles. The van der Waals surface area contributed by atoms with E-state index in [1.165, 1.54) is 18.2 Å². The highest BCUT2D eigenvalue weighted by atomic mass is 16.7. The first-order valence-corrected chi connectivity index (χ1v) is 17.3. The predicted molar refractivity (Wildman–Crippen MR) is 174 cm³/mol. The van der Waals surface area contributed by atoms with Crippen molar-refractivity contribution in [2.45, 2.75) is 155 Å². The molecular weight excluding hydrogens is 576 g/mol. The van der Waals surface area contributed by atoms with Gasteiger partial charge >= 0.3 is 23.7 Å². The largest absolute Gasteiger partial charge is 0.506 e. The van der Waals surface area contributed by atoms with Crippen LogP contribution in [-0.2, 0) is 19.1 Å². The van der Waals surface area contributed by atoms with E-state index in [0.717, 1.165) is 103 Å². The second-order valence-corrected chi connectivity index (χ2v) is 12.1. The number of phenolic OH excluding ortho intramolecular Hbond substituents is 1. The number of esters is 3.